The van der Waals surface area contributed by atoms with Crippen molar-refractivity contribution in [3.63, 3.8) is 0 Å². The molecule has 3 N–H and O–H groups in total. The lowest BCUT2D eigenvalue weighted by Crippen LogP contribution is -2.89. The first kappa shape index (κ1) is 98.8. The molecule has 654 valence electrons. The van der Waals surface area contributed by atoms with Crippen molar-refractivity contribution in [2.45, 2.75) is 320 Å². The lowest BCUT2D eigenvalue weighted by Gasteiger charge is -2.62. The van der Waals surface area contributed by atoms with Crippen LogP contribution in [0.2, 0.25) is 0 Å². The molecule has 0 bridgehead atoms. The van der Waals surface area contributed by atoms with Gasteiger partial charge in [0.2, 0.25) is 34.1 Å². The summed E-state index contributed by atoms with van der Waals surface area (Å²) in [6, 6.07) is 0. The highest BCUT2D eigenvalue weighted by molar-refractivity contribution is 5.79. The number of ether oxygens (including phenoxy) is 6. The zero-order valence-electron chi connectivity index (χ0n) is 58.0. The Kier molecular flexibility index (Phi) is 26.3. The quantitative estimate of drug-likeness (QED) is 0.0908. The lowest BCUT2D eigenvalue weighted by atomic mass is 9.61. The largest absolute Gasteiger partial charge is 0.462 e. The molecule has 0 aromatic carbocycles. The van der Waals surface area contributed by atoms with E-state index >= 15 is 43.9 Å². The molecule has 3 aliphatic carbocycles. The van der Waals surface area contributed by atoms with Crippen LogP contribution < -0.4 is 0 Å². The summed E-state index contributed by atoms with van der Waals surface area (Å²) in [4.78, 5) is 37.0. The van der Waals surface area contributed by atoms with Crippen LogP contribution in [-0.2, 0) is 42.8 Å². The molecule has 0 aromatic rings. The van der Waals surface area contributed by atoms with Crippen molar-refractivity contribution in [1.82, 2.24) is 0 Å². The minimum absolute atomic E-state index is 0.0842. The summed E-state index contributed by atoms with van der Waals surface area (Å²) in [7, 11) is 0. The predicted molar refractivity (Wildman–Crippen MR) is 289 cm³/mol. The Morgan fingerprint density at radius 1 is 0.351 bits per heavy atom. The van der Waals surface area contributed by atoms with Crippen LogP contribution in [0.15, 0.2) is 0 Å². The summed E-state index contributed by atoms with van der Waals surface area (Å²) < 4.78 is 581. The van der Waals surface area contributed by atoms with Crippen LogP contribution in [0.4, 0.5) is 171 Å². The molecular formula is C60H69F39O12. The van der Waals surface area contributed by atoms with Gasteiger partial charge in [0.15, 0.2) is 16.2 Å². The Morgan fingerprint density at radius 3 is 0.838 bits per heavy atom. The SMILES string of the molecule is CCC(C)(C(=O)OC1(C(F)(F)F)OC(C(F)(F)F)C(F)(F)C(O)(C2CCCCC2)C1(F)F)C(F)(F)F.CCC(C)(C(=O)OC1(C(F)(F)F)OC(C)(C(F)(F)F)C(F)(F)C(O)(C2CCCCC2)C1(F)F)C(F)(F)F.CCC(C)(C(=O)OC1(C(F)(F)F)OC(CC)(C(F)(F)F)C(F)(F)C(O)(C2CCCCC2)C1(F)F)C(F)(F)F. The van der Waals surface area contributed by atoms with Crippen molar-refractivity contribution in [1.29, 1.82) is 0 Å². The maximum Gasteiger partial charge on any atom is 0.462 e. The van der Waals surface area contributed by atoms with Crippen molar-refractivity contribution < 1.29 is 229 Å². The molecule has 6 aliphatic rings. The van der Waals surface area contributed by atoms with Gasteiger partial charge in [-0.2, -0.15) is 171 Å². The van der Waals surface area contributed by atoms with E-state index in [4.69, 9.17) is 0 Å². The van der Waals surface area contributed by atoms with E-state index in [1.54, 1.807) is 0 Å². The van der Waals surface area contributed by atoms with Crippen molar-refractivity contribution in [2.75, 3.05) is 0 Å². The van der Waals surface area contributed by atoms with E-state index in [-0.39, 0.29) is 85.5 Å². The topological polar surface area (TPSA) is 167 Å². The normalized spacial score (nSPS) is 34.4. The number of carbonyl (C=O) groups excluding carboxylic acids is 3. The highest BCUT2D eigenvalue weighted by atomic mass is 19.5. The van der Waals surface area contributed by atoms with Gasteiger partial charge in [0.1, 0.15) is 0 Å². The highest BCUT2D eigenvalue weighted by Crippen LogP contribution is 2.73. The van der Waals surface area contributed by atoms with E-state index in [9.17, 15) is 157 Å². The summed E-state index contributed by atoms with van der Waals surface area (Å²) >= 11 is 0. The fourth-order valence-corrected chi connectivity index (χ4v) is 13.9. The van der Waals surface area contributed by atoms with Crippen molar-refractivity contribution >= 4 is 17.9 Å². The number of hydrogen-bond donors (Lipinski definition) is 3. The van der Waals surface area contributed by atoms with Crippen LogP contribution in [0.25, 0.3) is 0 Å². The minimum atomic E-state index is -7.06. The summed E-state index contributed by atoms with van der Waals surface area (Å²) in [6.07, 6.45) is -76.5. The number of halogens is 39. The highest BCUT2D eigenvalue weighted by Gasteiger charge is 3.00. The predicted octanol–water partition coefficient (Wildman–Crippen LogP) is 20.1. The zero-order valence-corrected chi connectivity index (χ0v) is 58.0. The number of alkyl halides is 39. The summed E-state index contributed by atoms with van der Waals surface area (Å²) in [5.41, 5.74) is -39.7. The molecular weight excluding hydrogens is 1650 g/mol. The summed E-state index contributed by atoms with van der Waals surface area (Å²) in [6.45, 7) is 0.844. The summed E-state index contributed by atoms with van der Waals surface area (Å²) in [5, 5.41) is 32.0. The molecule has 3 aliphatic heterocycles. The maximum absolute atomic E-state index is 15.9. The number of esters is 3. The Balaban J connectivity index is 0.000000351. The van der Waals surface area contributed by atoms with Gasteiger partial charge in [-0.05, 0) is 91.9 Å². The Bertz CT molecular complexity index is 3270. The van der Waals surface area contributed by atoms with Crippen molar-refractivity contribution in [2.24, 2.45) is 34.0 Å². The second-order valence-corrected chi connectivity index (χ2v) is 28.3. The molecule has 3 saturated heterocycles. The third kappa shape index (κ3) is 14.1. The van der Waals surface area contributed by atoms with Crippen LogP contribution >= 0.6 is 0 Å². The first-order valence-corrected chi connectivity index (χ1v) is 32.8. The van der Waals surface area contributed by atoms with Crippen molar-refractivity contribution in [3.05, 3.63) is 0 Å². The van der Waals surface area contributed by atoms with Gasteiger partial charge in [0, 0.05) is 17.8 Å². The average Bonchev–Trinajstić information content (AvgIpc) is 0.664. The van der Waals surface area contributed by atoms with Crippen LogP contribution in [0.5, 0.6) is 0 Å². The Morgan fingerprint density at radius 2 is 0.604 bits per heavy atom. The average molecular weight is 1720 g/mol. The van der Waals surface area contributed by atoms with Gasteiger partial charge in [0.25, 0.3) is 0 Å². The molecule has 3 heterocycles. The molecule has 0 radical (unpaired) electrons. The van der Waals surface area contributed by atoms with Crippen LogP contribution in [0.1, 0.15) is 177 Å². The van der Waals surface area contributed by atoms with Gasteiger partial charge in [-0.15, -0.1) is 0 Å². The van der Waals surface area contributed by atoms with E-state index in [0.29, 0.717) is 20.8 Å². The molecule has 6 fully saturated rings. The third-order valence-corrected chi connectivity index (χ3v) is 22.1. The molecule has 12 atom stereocenters. The standard InChI is InChI=1S/C21H25F13O4.C20H23F13O4.C19H21F13O4/c1-4-13(3,19(26,27)28)12(35)37-18(21(32,33)34)17(24,25)15(36,11-9-7-6-8-10-11)16(22,23)14(5-2,38-18)20(29,30)31;1-4-12(2,18(25,26)27)11(34)36-17(20(31,32)33)16(23,24)14(35,10-8-6-5-7-9-10)15(21,22)13(3,37-17)19(28,29)30;1-3-12(2,18(27,28)29)11(33)36-17(19(30,31)32)16(25,26)13(34,9-7-5-4-6-8-9)14(20,21)10(35-17)15(22,23)24/h11,36H,4-10H2,1-3H3;10,35H,4-9H2,1-3H3;9-10,34H,3-8H2,1-2H3. The number of aliphatic hydroxyl groups is 3. The van der Waals surface area contributed by atoms with E-state index in [0.717, 1.165) is 0 Å². The molecule has 0 amide bonds. The van der Waals surface area contributed by atoms with Gasteiger partial charge in [-0.3, -0.25) is 14.4 Å². The van der Waals surface area contributed by atoms with E-state index in [1.165, 1.54) is 0 Å². The first-order chi connectivity index (χ1) is 48.9. The molecule has 6 rings (SSSR count). The second kappa shape index (κ2) is 29.5. The number of carbonyl (C=O) groups is 3. The number of rotatable bonds is 13. The van der Waals surface area contributed by atoms with E-state index in [1.807, 2.05) is 0 Å². The van der Waals surface area contributed by atoms with Crippen LogP contribution in [0, 0.1) is 34.0 Å². The Labute approximate surface area is 600 Å². The molecule has 111 heavy (non-hydrogen) atoms. The van der Waals surface area contributed by atoms with E-state index < -0.39 is 266 Å². The Hall–Kier alpha value is -4.56. The monoisotopic (exact) mass is 1720 g/mol. The van der Waals surface area contributed by atoms with Gasteiger partial charge < -0.3 is 43.7 Å². The molecule has 12 unspecified atom stereocenters. The lowest BCUT2D eigenvalue weighted by molar-refractivity contribution is -0.563. The first-order valence-electron chi connectivity index (χ1n) is 32.8. The van der Waals surface area contributed by atoms with Gasteiger partial charge in [-0.25, -0.2) is 0 Å². The van der Waals surface area contributed by atoms with Gasteiger partial charge in [0.05, 0.1) is 0 Å². The molecule has 51 heteroatoms. The molecule has 0 aromatic heterocycles. The van der Waals surface area contributed by atoms with Gasteiger partial charge >= 0.3 is 126 Å². The fourth-order valence-electron chi connectivity index (χ4n) is 13.9. The van der Waals surface area contributed by atoms with Crippen LogP contribution in [-0.4, -0.2) is 176 Å². The second-order valence-electron chi connectivity index (χ2n) is 28.3. The van der Waals surface area contributed by atoms with Crippen molar-refractivity contribution in [3.8, 4) is 0 Å². The minimum Gasteiger partial charge on any atom is -0.417 e. The molecule has 3 saturated carbocycles. The maximum atomic E-state index is 15.9. The fraction of sp³-hybridized carbons (Fsp3) is 0.950. The smallest absolute Gasteiger partial charge is 0.417 e. The van der Waals surface area contributed by atoms with E-state index in [2.05, 4.69) is 28.4 Å². The molecule has 12 nitrogen and oxygen atoms in total. The van der Waals surface area contributed by atoms with Crippen LogP contribution in [0.3, 0.4) is 0 Å². The summed E-state index contributed by atoms with van der Waals surface area (Å²) in [5.74, 6) is -75.0. The zero-order chi connectivity index (χ0) is 87.7. The van der Waals surface area contributed by atoms with Gasteiger partial charge in [-0.1, -0.05) is 85.5 Å². The third-order valence-electron chi connectivity index (χ3n) is 22.1. The molecule has 0 spiro atoms. The number of hydrogen-bond acceptors (Lipinski definition) is 12.